The van der Waals surface area contributed by atoms with Gasteiger partial charge in [0.1, 0.15) is 24.4 Å². The second kappa shape index (κ2) is 9.57. The molecule has 0 bridgehead atoms. The maximum atomic E-state index is 10.9. The van der Waals surface area contributed by atoms with Gasteiger partial charge in [-0.2, -0.15) is 11.8 Å². The van der Waals surface area contributed by atoms with Crippen molar-refractivity contribution >= 4 is 17.7 Å². The second-order valence-electron chi connectivity index (χ2n) is 4.50. The van der Waals surface area contributed by atoms with Crippen LogP contribution in [0.4, 0.5) is 0 Å². The summed E-state index contributed by atoms with van der Waals surface area (Å²) in [6.07, 6.45) is -5.90. The van der Waals surface area contributed by atoms with Gasteiger partial charge in [-0.05, 0) is 0 Å². The lowest BCUT2D eigenvalue weighted by Crippen LogP contribution is -2.59. The molecule has 0 amide bonds. The van der Waals surface area contributed by atoms with E-state index in [9.17, 15) is 20.1 Å². The highest BCUT2D eigenvalue weighted by atomic mass is 32.2. The highest BCUT2D eigenvalue weighted by Gasteiger charge is 2.44. The summed E-state index contributed by atoms with van der Waals surface area (Å²) in [5.74, 6) is 0.845. The van der Waals surface area contributed by atoms with Gasteiger partial charge < -0.3 is 34.6 Å². The molecule has 1 saturated heterocycles. The van der Waals surface area contributed by atoms with E-state index in [4.69, 9.17) is 14.6 Å². The SMILES string of the molecule is COC(=O)CCSCCO[C@@H]1[C@@H](O)[C@H](O)[C@@H](CO)O[C@H]1O. The minimum atomic E-state index is -1.42. The van der Waals surface area contributed by atoms with Crippen LogP contribution in [-0.4, -0.2) is 88.9 Å². The van der Waals surface area contributed by atoms with Gasteiger partial charge in [0.2, 0.25) is 0 Å². The first-order chi connectivity index (χ1) is 10.0. The van der Waals surface area contributed by atoms with Gasteiger partial charge in [0, 0.05) is 11.5 Å². The van der Waals surface area contributed by atoms with E-state index in [1.54, 1.807) is 0 Å². The number of thioether (sulfide) groups is 1. The molecule has 0 spiro atoms. The molecule has 9 heteroatoms. The van der Waals surface area contributed by atoms with Gasteiger partial charge in [-0.25, -0.2) is 0 Å². The monoisotopic (exact) mass is 326 g/mol. The predicted molar refractivity (Wildman–Crippen MR) is 73.7 cm³/mol. The second-order valence-corrected chi connectivity index (χ2v) is 5.73. The van der Waals surface area contributed by atoms with E-state index >= 15 is 0 Å². The average Bonchev–Trinajstić information content (AvgIpc) is 2.48. The van der Waals surface area contributed by atoms with Gasteiger partial charge >= 0.3 is 5.97 Å². The molecular formula is C12H22O8S. The maximum Gasteiger partial charge on any atom is 0.306 e. The largest absolute Gasteiger partial charge is 0.469 e. The van der Waals surface area contributed by atoms with Gasteiger partial charge in [0.25, 0.3) is 0 Å². The fourth-order valence-electron chi connectivity index (χ4n) is 1.85. The van der Waals surface area contributed by atoms with Crippen molar-refractivity contribution in [1.82, 2.24) is 0 Å². The summed E-state index contributed by atoms with van der Waals surface area (Å²) in [5.41, 5.74) is 0. The summed E-state index contributed by atoms with van der Waals surface area (Å²) in [4.78, 5) is 10.9. The molecule has 1 rings (SSSR count). The summed E-state index contributed by atoms with van der Waals surface area (Å²) in [5, 5.41) is 38.1. The topological polar surface area (TPSA) is 126 Å². The van der Waals surface area contributed by atoms with E-state index in [1.807, 2.05) is 0 Å². The van der Waals surface area contributed by atoms with E-state index in [2.05, 4.69) is 4.74 Å². The molecule has 21 heavy (non-hydrogen) atoms. The Hall–Kier alpha value is -0.420. The molecule has 124 valence electrons. The molecule has 0 aliphatic carbocycles. The molecule has 0 aromatic rings. The van der Waals surface area contributed by atoms with E-state index in [0.717, 1.165) is 0 Å². The molecule has 1 aliphatic rings. The Balaban J connectivity index is 2.23. The predicted octanol–water partition coefficient (Wildman–Crippen LogP) is -1.90. The molecule has 1 aliphatic heterocycles. The van der Waals surface area contributed by atoms with Crippen molar-refractivity contribution in [2.45, 2.75) is 37.1 Å². The van der Waals surface area contributed by atoms with Crippen LogP contribution in [0.1, 0.15) is 6.42 Å². The Kier molecular flexibility index (Phi) is 8.49. The number of ether oxygens (including phenoxy) is 3. The summed E-state index contributed by atoms with van der Waals surface area (Å²) in [6.45, 7) is -0.296. The summed E-state index contributed by atoms with van der Waals surface area (Å²) in [7, 11) is 1.33. The number of hydrogen-bond acceptors (Lipinski definition) is 9. The van der Waals surface area contributed by atoms with Crippen molar-refractivity contribution in [2.24, 2.45) is 0 Å². The number of rotatable bonds is 8. The number of hydrogen-bond donors (Lipinski definition) is 4. The molecule has 1 heterocycles. The lowest BCUT2D eigenvalue weighted by atomic mass is 9.99. The molecule has 4 N–H and O–H groups in total. The zero-order chi connectivity index (χ0) is 15.8. The van der Waals surface area contributed by atoms with Crippen LogP contribution in [0.2, 0.25) is 0 Å². The van der Waals surface area contributed by atoms with Crippen LogP contribution in [0.5, 0.6) is 0 Å². The molecule has 0 saturated carbocycles. The van der Waals surface area contributed by atoms with Crippen molar-refractivity contribution in [3.63, 3.8) is 0 Å². The Labute approximate surface area is 127 Å². The van der Waals surface area contributed by atoms with Crippen LogP contribution in [0.25, 0.3) is 0 Å². The first-order valence-corrected chi connectivity index (χ1v) is 7.73. The van der Waals surface area contributed by atoms with Crippen LogP contribution in [-0.2, 0) is 19.0 Å². The van der Waals surface area contributed by atoms with Gasteiger partial charge in [-0.15, -0.1) is 0 Å². The van der Waals surface area contributed by atoms with Crippen LogP contribution in [0.15, 0.2) is 0 Å². The van der Waals surface area contributed by atoms with Gasteiger partial charge in [0.05, 0.1) is 26.7 Å². The van der Waals surface area contributed by atoms with Crippen LogP contribution < -0.4 is 0 Å². The average molecular weight is 326 g/mol. The van der Waals surface area contributed by atoms with Crippen molar-refractivity contribution in [2.75, 3.05) is 31.8 Å². The van der Waals surface area contributed by atoms with Crippen LogP contribution in [0, 0.1) is 0 Å². The smallest absolute Gasteiger partial charge is 0.306 e. The Morgan fingerprint density at radius 2 is 1.95 bits per heavy atom. The van der Waals surface area contributed by atoms with Gasteiger partial charge in [-0.1, -0.05) is 0 Å². The number of aliphatic hydroxyl groups excluding tert-OH is 4. The van der Waals surface area contributed by atoms with E-state index in [-0.39, 0.29) is 12.6 Å². The molecule has 0 aromatic heterocycles. The Bertz CT molecular complexity index is 316. The summed E-state index contributed by atoms with van der Waals surface area (Å²) >= 11 is 1.46. The van der Waals surface area contributed by atoms with Crippen molar-refractivity contribution in [3.05, 3.63) is 0 Å². The third-order valence-electron chi connectivity index (χ3n) is 3.06. The normalized spacial score (nSPS) is 32.9. The summed E-state index contributed by atoms with van der Waals surface area (Å²) in [6, 6.07) is 0. The Morgan fingerprint density at radius 3 is 2.57 bits per heavy atom. The number of carbonyl (C=O) groups is 1. The van der Waals surface area contributed by atoms with Gasteiger partial charge in [0.15, 0.2) is 6.29 Å². The number of methoxy groups -OCH3 is 1. The quantitative estimate of drug-likeness (QED) is 0.299. The van der Waals surface area contributed by atoms with Crippen molar-refractivity contribution in [1.29, 1.82) is 0 Å². The number of carbonyl (C=O) groups excluding carboxylic acids is 1. The zero-order valence-corrected chi connectivity index (χ0v) is 12.6. The minimum Gasteiger partial charge on any atom is -0.469 e. The molecule has 5 atom stereocenters. The molecule has 0 unspecified atom stereocenters. The van der Waals surface area contributed by atoms with Gasteiger partial charge in [-0.3, -0.25) is 4.79 Å². The molecular weight excluding hydrogens is 304 g/mol. The first-order valence-electron chi connectivity index (χ1n) is 6.58. The molecule has 1 fully saturated rings. The highest BCUT2D eigenvalue weighted by Crippen LogP contribution is 2.22. The lowest BCUT2D eigenvalue weighted by molar-refractivity contribution is -0.295. The standard InChI is InChI=1S/C12H22O8S/c1-18-8(14)2-4-21-5-3-19-11-10(16)9(15)7(6-13)20-12(11)17/h7,9-13,15-17H,2-6H2,1H3/t7-,9-,10+,11-,12-/m1/s1. The highest BCUT2D eigenvalue weighted by molar-refractivity contribution is 7.99. The minimum absolute atomic E-state index is 0.213. The fourth-order valence-corrected chi connectivity index (χ4v) is 2.58. The molecule has 0 aromatic carbocycles. The van der Waals surface area contributed by atoms with Crippen molar-refractivity contribution < 1.29 is 39.4 Å². The zero-order valence-electron chi connectivity index (χ0n) is 11.8. The van der Waals surface area contributed by atoms with E-state index in [1.165, 1.54) is 18.9 Å². The summed E-state index contributed by atoms with van der Waals surface area (Å²) < 4.78 is 14.8. The lowest BCUT2D eigenvalue weighted by Gasteiger charge is -2.39. The van der Waals surface area contributed by atoms with E-state index in [0.29, 0.717) is 17.9 Å². The third kappa shape index (κ3) is 5.70. The molecule has 8 nitrogen and oxygen atoms in total. The van der Waals surface area contributed by atoms with Crippen LogP contribution >= 0.6 is 11.8 Å². The first kappa shape index (κ1) is 18.6. The Morgan fingerprint density at radius 1 is 1.24 bits per heavy atom. The number of esters is 1. The van der Waals surface area contributed by atoms with Crippen molar-refractivity contribution in [3.8, 4) is 0 Å². The fraction of sp³-hybridized carbons (Fsp3) is 0.917. The van der Waals surface area contributed by atoms with E-state index < -0.39 is 37.3 Å². The number of aliphatic hydroxyl groups is 4. The van der Waals surface area contributed by atoms with Crippen LogP contribution in [0.3, 0.4) is 0 Å². The maximum absolute atomic E-state index is 10.9. The molecule has 0 radical (unpaired) electrons. The third-order valence-corrected chi connectivity index (χ3v) is 4.01.